The van der Waals surface area contributed by atoms with Gasteiger partial charge in [-0.3, -0.25) is 9.31 Å². The Morgan fingerprint density at radius 3 is 2.77 bits per heavy atom. The molecule has 8 heteroatoms. The molecule has 0 bridgehead atoms. The SMILES string of the molecule is Cc1cnc(-c2ccc(CS(=O)[O-])cc2)nc1Nc1cc(C2CC2)[nH]n1. The standard InChI is InChI=1S/C18H19N5O2S/c1-11-9-19-18(14-4-2-12(3-5-14)10-26(24)25)21-17(11)20-16-8-15(22-23-16)13-6-7-13/h2-5,8-9,13H,6-7,10H2,1H3,(H,24,25)(H2,19,20,21,22,23)/p-1. The number of hydrogen-bond donors (Lipinski definition) is 2. The van der Waals surface area contributed by atoms with Gasteiger partial charge < -0.3 is 9.87 Å². The summed E-state index contributed by atoms with van der Waals surface area (Å²) in [7, 11) is 0. The lowest BCUT2D eigenvalue weighted by Crippen LogP contribution is -2.00. The summed E-state index contributed by atoms with van der Waals surface area (Å²) in [6.07, 6.45) is 4.20. The van der Waals surface area contributed by atoms with E-state index in [-0.39, 0.29) is 5.75 Å². The molecule has 134 valence electrons. The summed E-state index contributed by atoms with van der Waals surface area (Å²) >= 11 is -2.10. The summed E-state index contributed by atoms with van der Waals surface area (Å²) < 4.78 is 21.6. The van der Waals surface area contributed by atoms with E-state index in [1.54, 1.807) is 18.3 Å². The Kier molecular flexibility index (Phi) is 4.52. The molecule has 1 aliphatic carbocycles. The molecule has 0 radical (unpaired) electrons. The van der Waals surface area contributed by atoms with E-state index in [4.69, 9.17) is 0 Å². The summed E-state index contributed by atoms with van der Waals surface area (Å²) in [5, 5.41) is 10.6. The third kappa shape index (κ3) is 3.81. The first-order valence-electron chi connectivity index (χ1n) is 8.39. The highest BCUT2D eigenvalue weighted by Crippen LogP contribution is 2.39. The van der Waals surface area contributed by atoms with E-state index in [9.17, 15) is 8.76 Å². The minimum absolute atomic E-state index is 0.00429. The normalized spacial score (nSPS) is 15.0. The number of hydrogen-bond acceptors (Lipinski definition) is 6. The third-order valence-electron chi connectivity index (χ3n) is 4.33. The first-order valence-corrected chi connectivity index (χ1v) is 9.64. The fraction of sp³-hybridized carbons (Fsp3) is 0.278. The van der Waals surface area contributed by atoms with E-state index in [1.807, 2.05) is 25.1 Å². The van der Waals surface area contributed by atoms with Crippen LogP contribution in [0.25, 0.3) is 11.4 Å². The Morgan fingerprint density at radius 2 is 2.08 bits per heavy atom. The number of nitrogens with zero attached hydrogens (tertiary/aromatic N) is 3. The van der Waals surface area contributed by atoms with Crippen LogP contribution in [-0.4, -0.2) is 28.9 Å². The number of rotatable bonds is 6. The molecule has 0 aliphatic heterocycles. The maximum absolute atomic E-state index is 10.8. The van der Waals surface area contributed by atoms with Gasteiger partial charge >= 0.3 is 0 Å². The number of aryl methyl sites for hydroxylation is 1. The third-order valence-corrected chi connectivity index (χ3v) is 4.90. The average Bonchev–Trinajstić information content (AvgIpc) is 3.37. The van der Waals surface area contributed by atoms with Crippen molar-refractivity contribution in [2.45, 2.75) is 31.4 Å². The van der Waals surface area contributed by atoms with E-state index >= 15 is 0 Å². The second-order valence-corrected chi connectivity index (χ2v) is 7.37. The van der Waals surface area contributed by atoms with Crippen LogP contribution in [0.2, 0.25) is 0 Å². The second kappa shape index (κ2) is 6.97. The molecule has 1 saturated carbocycles. The summed E-state index contributed by atoms with van der Waals surface area (Å²) in [5.41, 5.74) is 3.64. The van der Waals surface area contributed by atoms with Crippen LogP contribution in [0.5, 0.6) is 0 Å². The average molecular weight is 368 g/mol. The molecule has 1 aromatic carbocycles. The van der Waals surface area contributed by atoms with Crippen LogP contribution in [0.3, 0.4) is 0 Å². The molecule has 3 aromatic rings. The Morgan fingerprint density at radius 1 is 1.31 bits per heavy atom. The molecule has 0 spiro atoms. The number of aromatic amines is 1. The molecular formula is C18H18N5O2S-. The zero-order valence-corrected chi connectivity index (χ0v) is 15.0. The monoisotopic (exact) mass is 368 g/mol. The number of benzene rings is 1. The van der Waals surface area contributed by atoms with Crippen LogP contribution < -0.4 is 5.32 Å². The number of anilines is 2. The quantitative estimate of drug-likeness (QED) is 0.647. The lowest BCUT2D eigenvalue weighted by molar-refractivity contribution is 0.536. The van der Waals surface area contributed by atoms with Crippen molar-refractivity contribution in [3.05, 3.63) is 53.3 Å². The topological polar surface area (TPSA) is 107 Å². The molecule has 7 nitrogen and oxygen atoms in total. The molecule has 4 rings (SSSR count). The van der Waals surface area contributed by atoms with Crippen LogP contribution >= 0.6 is 0 Å². The van der Waals surface area contributed by atoms with Crippen molar-refractivity contribution >= 4 is 22.7 Å². The van der Waals surface area contributed by atoms with Crippen molar-refractivity contribution in [1.82, 2.24) is 20.2 Å². The van der Waals surface area contributed by atoms with E-state index in [2.05, 4.69) is 25.5 Å². The fourth-order valence-corrected chi connectivity index (χ4v) is 3.18. The summed E-state index contributed by atoms with van der Waals surface area (Å²) in [5.74, 6) is 2.64. The van der Waals surface area contributed by atoms with Gasteiger partial charge in [0.05, 0.1) is 0 Å². The smallest absolute Gasteiger partial charge is 0.161 e. The van der Waals surface area contributed by atoms with Gasteiger partial charge in [0.25, 0.3) is 0 Å². The molecule has 1 aliphatic rings. The van der Waals surface area contributed by atoms with Gasteiger partial charge in [0.15, 0.2) is 11.6 Å². The van der Waals surface area contributed by atoms with Crippen molar-refractivity contribution < 1.29 is 8.76 Å². The molecular weight excluding hydrogens is 350 g/mol. The summed E-state index contributed by atoms with van der Waals surface area (Å²) in [4.78, 5) is 8.98. The predicted octanol–water partition coefficient (Wildman–Crippen LogP) is 3.18. The molecule has 2 N–H and O–H groups in total. The molecule has 1 fully saturated rings. The molecule has 1 unspecified atom stereocenters. The van der Waals surface area contributed by atoms with Crippen LogP contribution in [-0.2, 0) is 16.8 Å². The van der Waals surface area contributed by atoms with Crippen LogP contribution in [0.1, 0.15) is 35.6 Å². The van der Waals surface area contributed by atoms with E-state index in [0.29, 0.717) is 17.6 Å². The van der Waals surface area contributed by atoms with Gasteiger partial charge in [0.1, 0.15) is 5.82 Å². The van der Waals surface area contributed by atoms with Gasteiger partial charge in [-0.1, -0.05) is 35.3 Å². The van der Waals surface area contributed by atoms with Gasteiger partial charge in [-0.05, 0) is 25.3 Å². The Bertz CT molecular complexity index is 950. The second-order valence-electron chi connectivity index (χ2n) is 6.48. The molecule has 2 aromatic heterocycles. The number of nitrogens with one attached hydrogen (secondary N) is 2. The highest BCUT2D eigenvalue weighted by molar-refractivity contribution is 7.78. The van der Waals surface area contributed by atoms with Crippen molar-refractivity contribution in [2.75, 3.05) is 5.32 Å². The van der Waals surface area contributed by atoms with Gasteiger partial charge in [-0.15, -0.1) is 0 Å². The van der Waals surface area contributed by atoms with Crippen molar-refractivity contribution in [3.63, 3.8) is 0 Å². The maximum atomic E-state index is 10.8. The van der Waals surface area contributed by atoms with Gasteiger partial charge in [0.2, 0.25) is 0 Å². The predicted molar refractivity (Wildman–Crippen MR) is 98.7 cm³/mol. The van der Waals surface area contributed by atoms with Gasteiger partial charge in [-0.2, -0.15) is 5.10 Å². The van der Waals surface area contributed by atoms with Crippen LogP contribution in [0.15, 0.2) is 36.5 Å². The van der Waals surface area contributed by atoms with Crippen LogP contribution in [0.4, 0.5) is 11.6 Å². The zero-order chi connectivity index (χ0) is 18.1. The van der Waals surface area contributed by atoms with E-state index < -0.39 is 11.1 Å². The molecule has 0 amide bonds. The molecule has 0 saturated heterocycles. The maximum Gasteiger partial charge on any atom is 0.161 e. The van der Waals surface area contributed by atoms with E-state index in [0.717, 1.165) is 28.2 Å². The Labute approximate surface area is 153 Å². The largest absolute Gasteiger partial charge is 0.772 e. The first kappa shape index (κ1) is 16.9. The Hall–Kier alpha value is -2.58. The van der Waals surface area contributed by atoms with Crippen molar-refractivity contribution in [3.8, 4) is 11.4 Å². The summed E-state index contributed by atoms with van der Waals surface area (Å²) in [6, 6.07) is 9.23. The summed E-state index contributed by atoms with van der Waals surface area (Å²) in [6.45, 7) is 1.94. The highest BCUT2D eigenvalue weighted by atomic mass is 32.2. The minimum atomic E-state index is -2.10. The Balaban J connectivity index is 1.55. The van der Waals surface area contributed by atoms with E-state index in [1.165, 1.54) is 12.8 Å². The van der Waals surface area contributed by atoms with Crippen LogP contribution in [0, 0.1) is 6.92 Å². The minimum Gasteiger partial charge on any atom is -0.772 e. The van der Waals surface area contributed by atoms with Crippen molar-refractivity contribution in [1.29, 1.82) is 0 Å². The molecule has 2 heterocycles. The lowest BCUT2D eigenvalue weighted by atomic mass is 10.1. The van der Waals surface area contributed by atoms with Gasteiger partial charge in [-0.25, -0.2) is 9.97 Å². The number of aromatic nitrogens is 4. The number of H-pyrrole nitrogens is 1. The first-order chi connectivity index (χ1) is 12.6. The lowest BCUT2D eigenvalue weighted by Gasteiger charge is -2.09. The highest BCUT2D eigenvalue weighted by Gasteiger charge is 2.25. The molecule has 1 atom stereocenters. The zero-order valence-electron chi connectivity index (χ0n) is 14.2. The molecule has 26 heavy (non-hydrogen) atoms. The fourth-order valence-electron chi connectivity index (χ4n) is 2.72. The van der Waals surface area contributed by atoms with Gasteiger partial charge in [0, 0.05) is 40.8 Å². The van der Waals surface area contributed by atoms with Crippen molar-refractivity contribution in [2.24, 2.45) is 0 Å².